The fraction of sp³-hybridized carbons (Fsp3) is 0.583. The quantitative estimate of drug-likeness (QED) is 0.469. The van der Waals surface area contributed by atoms with E-state index in [9.17, 15) is 4.79 Å². The molecule has 0 spiro atoms. The van der Waals surface area contributed by atoms with Crippen molar-refractivity contribution in [1.82, 2.24) is 0 Å². The second-order valence-electron chi connectivity index (χ2n) is 4.05. The number of hydrogen-bond acceptors (Lipinski definition) is 1. The Kier molecular flexibility index (Phi) is 3.94. The highest BCUT2D eigenvalue weighted by atomic mass is 16.1. The third-order valence-corrected chi connectivity index (χ3v) is 2.81. The maximum Gasteiger partial charge on any atom is 0.142 e. The molecular formula is C12H18O. The number of aldehydes is 1. The summed E-state index contributed by atoms with van der Waals surface area (Å²) in [5.74, 6) is 1.51. The van der Waals surface area contributed by atoms with Gasteiger partial charge in [-0.05, 0) is 37.2 Å². The summed E-state index contributed by atoms with van der Waals surface area (Å²) in [5, 5.41) is 0. The Bertz CT molecular complexity index is 225. The van der Waals surface area contributed by atoms with Crippen LogP contribution in [0, 0.1) is 11.8 Å². The normalized spacial score (nSPS) is 32.6. The van der Waals surface area contributed by atoms with Crippen molar-refractivity contribution in [3.05, 3.63) is 23.8 Å². The smallest absolute Gasteiger partial charge is 0.142 e. The van der Waals surface area contributed by atoms with Crippen molar-refractivity contribution in [2.24, 2.45) is 11.8 Å². The van der Waals surface area contributed by atoms with Crippen LogP contribution in [-0.2, 0) is 4.79 Å². The van der Waals surface area contributed by atoms with Gasteiger partial charge < -0.3 is 0 Å². The molecule has 1 rings (SSSR count). The Hall–Kier alpha value is -0.850. The van der Waals surface area contributed by atoms with E-state index in [1.165, 1.54) is 24.8 Å². The van der Waals surface area contributed by atoms with Gasteiger partial charge in [0.1, 0.15) is 6.29 Å². The highest BCUT2D eigenvalue weighted by molar-refractivity contribution is 5.65. The van der Waals surface area contributed by atoms with E-state index in [2.05, 4.69) is 19.9 Å². The lowest BCUT2D eigenvalue weighted by atomic mass is 9.80. The van der Waals surface area contributed by atoms with Crippen molar-refractivity contribution in [3.63, 3.8) is 0 Å². The fourth-order valence-corrected chi connectivity index (χ4v) is 1.88. The summed E-state index contributed by atoms with van der Waals surface area (Å²) in [4.78, 5) is 10.1. The van der Waals surface area contributed by atoms with Gasteiger partial charge in [-0.1, -0.05) is 31.6 Å². The van der Waals surface area contributed by atoms with Crippen LogP contribution in [0.5, 0.6) is 0 Å². The van der Waals surface area contributed by atoms with Crippen LogP contribution in [0.15, 0.2) is 23.8 Å². The molecule has 0 aliphatic heterocycles. The predicted octanol–water partition coefficient (Wildman–Crippen LogP) is 3.12. The van der Waals surface area contributed by atoms with Crippen LogP contribution < -0.4 is 0 Å². The van der Waals surface area contributed by atoms with Gasteiger partial charge in [-0.3, -0.25) is 4.79 Å². The van der Waals surface area contributed by atoms with Crippen LogP contribution in [-0.4, -0.2) is 6.29 Å². The fourth-order valence-electron chi connectivity index (χ4n) is 1.88. The molecule has 1 fully saturated rings. The molecule has 1 aliphatic carbocycles. The molecular weight excluding hydrogens is 160 g/mol. The van der Waals surface area contributed by atoms with E-state index in [4.69, 9.17) is 0 Å². The maximum absolute atomic E-state index is 10.1. The largest absolute Gasteiger partial charge is 0.299 e. The van der Waals surface area contributed by atoms with Gasteiger partial charge in [0.05, 0.1) is 0 Å². The molecule has 0 aromatic heterocycles. The summed E-state index contributed by atoms with van der Waals surface area (Å²) in [6.45, 7) is 4.57. The maximum atomic E-state index is 10.1. The van der Waals surface area contributed by atoms with Gasteiger partial charge in [-0.15, -0.1) is 0 Å². The SMILES string of the molecule is CC1CCC(C)C(=CC=CC=O)C1. The molecule has 72 valence electrons. The summed E-state index contributed by atoms with van der Waals surface area (Å²) in [6, 6.07) is 0. The van der Waals surface area contributed by atoms with Crippen molar-refractivity contribution < 1.29 is 4.79 Å². The molecule has 2 atom stereocenters. The summed E-state index contributed by atoms with van der Waals surface area (Å²) < 4.78 is 0. The Morgan fingerprint density at radius 3 is 2.69 bits per heavy atom. The molecule has 1 aliphatic rings. The third kappa shape index (κ3) is 3.17. The summed E-state index contributed by atoms with van der Waals surface area (Å²) in [6.07, 6.45) is 10.2. The van der Waals surface area contributed by atoms with Crippen molar-refractivity contribution in [2.75, 3.05) is 0 Å². The first-order valence-corrected chi connectivity index (χ1v) is 5.05. The molecule has 1 heteroatoms. The number of carbonyl (C=O) groups excluding carboxylic acids is 1. The molecule has 0 aromatic carbocycles. The molecule has 2 unspecified atom stereocenters. The standard InChI is InChI=1S/C12H18O/c1-10-6-7-11(2)12(9-10)5-3-4-8-13/h3-5,8,10-11H,6-7,9H2,1-2H3. The number of carbonyl (C=O) groups is 1. The molecule has 0 radical (unpaired) electrons. The highest BCUT2D eigenvalue weighted by Crippen LogP contribution is 2.32. The van der Waals surface area contributed by atoms with E-state index in [1.807, 2.05) is 6.08 Å². The van der Waals surface area contributed by atoms with Crippen molar-refractivity contribution in [1.29, 1.82) is 0 Å². The summed E-state index contributed by atoms with van der Waals surface area (Å²) in [5.41, 5.74) is 1.50. The minimum absolute atomic E-state index is 0.701. The Labute approximate surface area is 80.5 Å². The molecule has 0 amide bonds. The average Bonchev–Trinajstić information content (AvgIpc) is 2.11. The Balaban J connectivity index is 2.59. The van der Waals surface area contributed by atoms with Crippen molar-refractivity contribution in [2.45, 2.75) is 33.1 Å². The van der Waals surface area contributed by atoms with Gasteiger partial charge >= 0.3 is 0 Å². The van der Waals surface area contributed by atoms with Gasteiger partial charge in [-0.25, -0.2) is 0 Å². The van der Waals surface area contributed by atoms with Gasteiger partial charge in [-0.2, -0.15) is 0 Å². The van der Waals surface area contributed by atoms with Crippen LogP contribution in [0.4, 0.5) is 0 Å². The molecule has 0 heterocycles. The Morgan fingerprint density at radius 1 is 1.23 bits per heavy atom. The van der Waals surface area contributed by atoms with Crippen molar-refractivity contribution >= 4 is 6.29 Å². The lowest BCUT2D eigenvalue weighted by Crippen LogP contribution is -2.12. The van der Waals surface area contributed by atoms with Crippen LogP contribution >= 0.6 is 0 Å². The predicted molar refractivity (Wildman–Crippen MR) is 55.5 cm³/mol. The second-order valence-corrected chi connectivity index (χ2v) is 4.05. The topological polar surface area (TPSA) is 17.1 Å². The van der Waals surface area contributed by atoms with E-state index in [1.54, 1.807) is 6.08 Å². The summed E-state index contributed by atoms with van der Waals surface area (Å²) in [7, 11) is 0. The number of rotatable bonds is 2. The van der Waals surface area contributed by atoms with E-state index >= 15 is 0 Å². The number of hydrogen-bond donors (Lipinski definition) is 0. The van der Waals surface area contributed by atoms with Crippen LogP contribution in [0.2, 0.25) is 0 Å². The number of allylic oxidation sites excluding steroid dienone is 4. The van der Waals surface area contributed by atoms with Crippen LogP contribution in [0.3, 0.4) is 0 Å². The minimum atomic E-state index is 0.701. The van der Waals surface area contributed by atoms with E-state index in [0.29, 0.717) is 5.92 Å². The van der Waals surface area contributed by atoms with E-state index in [0.717, 1.165) is 12.2 Å². The first-order chi connectivity index (χ1) is 6.24. The van der Waals surface area contributed by atoms with Crippen LogP contribution in [0.1, 0.15) is 33.1 Å². The minimum Gasteiger partial charge on any atom is -0.299 e. The molecule has 0 saturated heterocycles. The lowest BCUT2D eigenvalue weighted by Gasteiger charge is -2.26. The zero-order valence-corrected chi connectivity index (χ0v) is 8.49. The van der Waals surface area contributed by atoms with Gasteiger partial charge in [0, 0.05) is 0 Å². The van der Waals surface area contributed by atoms with E-state index < -0.39 is 0 Å². The lowest BCUT2D eigenvalue weighted by molar-refractivity contribution is -0.104. The molecule has 0 bridgehead atoms. The van der Waals surface area contributed by atoms with Gasteiger partial charge in [0.15, 0.2) is 0 Å². The second kappa shape index (κ2) is 5.00. The monoisotopic (exact) mass is 178 g/mol. The zero-order valence-electron chi connectivity index (χ0n) is 8.49. The molecule has 0 aromatic rings. The van der Waals surface area contributed by atoms with Crippen LogP contribution in [0.25, 0.3) is 0 Å². The zero-order chi connectivity index (χ0) is 9.68. The van der Waals surface area contributed by atoms with Gasteiger partial charge in [0.25, 0.3) is 0 Å². The first kappa shape index (κ1) is 10.2. The molecule has 0 N–H and O–H groups in total. The van der Waals surface area contributed by atoms with Gasteiger partial charge in [0.2, 0.25) is 0 Å². The van der Waals surface area contributed by atoms with Crippen molar-refractivity contribution in [3.8, 4) is 0 Å². The first-order valence-electron chi connectivity index (χ1n) is 5.05. The third-order valence-electron chi connectivity index (χ3n) is 2.81. The molecule has 1 nitrogen and oxygen atoms in total. The molecule has 13 heavy (non-hydrogen) atoms. The molecule has 1 saturated carbocycles. The van der Waals surface area contributed by atoms with E-state index in [-0.39, 0.29) is 0 Å². The average molecular weight is 178 g/mol. The highest BCUT2D eigenvalue weighted by Gasteiger charge is 2.18. The summed E-state index contributed by atoms with van der Waals surface area (Å²) >= 11 is 0. The Morgan fingerprint density at radius 2 is 2.00 bits per heavy atom.